The van der Waals surface area contributed by atoms with E-state index in [1.165, 1.54) is 0 Å². The normalized spacial score (nSPS) is 14.9. The molecule has 8 nitrogen and oxygen atoms in total. The van der Waals surface area contributed by atoms with E-state index in [0.717, 1.165) is 22.8 Å². The minimum atomic E-state index is -3.30. The van der Waals surface area contributed by atoms with Gasteiger partial charge in [-0.2, -0.15) is 4.31 Å². The van der Waals surface area contributed by atoms with Crippen molar-refractivity contribution < 1.29 is 8.42 Å². The number of benzene rings is 2. The molecule has 192 valence electrons. The molecule has 0 radical (unpaired) electrons. The van der Waals surface area contributed by atoms with Crippen LogP contribution in [0.2, 0.25) is 0 Å². The van der Waals surface area contributed by atoms with Crippen LogP contribution in [0.25, 0.3) is 16.7 Å². The molecule has 0 spiro atoms. The molecule has 37 heavy (non-hydrogen) atoms. The Labute approximate surface area is 217 Å². The van der Waals surface area contributed by atoms with Crippen molar-refractivity contribution in [2.24, 2.45) is 0 Å². The first kappa shape index (κ1) is 25.0. The van der Waals surface area contributed by atoms with Gasteiger partial charge in [0, 0.05) is 43.6 Å². The molecule has 1 aliphatic heterocycles. The highest BCUT2D eigenvalue weighted by atomic mass is 32.2. The summed E-state index contributed by atoms with van der Waals surface area (Å²) in [6.45, 7) is 7.21. The van der Waals surface area contributed by atoms with Crippen molar-refractivity contribution in [2.45, 2.75) is 26.0 Å². The van der Waals surface area contributed by atoms with E-state index in [1.807, 2.05) is 78.2 Å². The Kier molecular flexibility index (Phi) is 6.74. The third kappa shape index (κ3) is 4.84. The number of nitrogens with zero attached hydrogens (tertiary/aromatic N) is 4. The van der Waals surface area contributed by atoms with Crippen LogP contribution in [-0.4, -0.2) is 53.7 Å². The number of pyridine rings is 2. The zero-order valence-corrected chi connectivity index (χ0v) is 22.1. The fourth-order valence-corrected chi connectivity index (χ4v) is 5.98. The monoisotopic (exact) mass is 517 g/mol. The van der Waals surface area contributed by atoms with E-state index in [1.54, 1.807) is 24.2 Å². The van der Waals surface area contributed by atoms with Crippen molar-refractivity contribution in [3.63, 3.8) is 0 Å². The van der Waals surface area contributed by atoms with Gasteiger partial charge in [-0.1, -0.05) is 36.4 Å². The summed E-state index contributed by atoms with van der Waals surface area (Å²) in [5, 5.41) is 3.51. The van der Waals surface area contributed by atoms with E-state index in [-0.39, 0.29) is 5.43 Å². The third-order valence-electron chi connectivity index (χ3n) is 6.73. The van der Waals surface area contributed by atoms with Gasteiger partial charge in [-0.3, -0.25) is 9.36 Å². The maximum absolute atomic E-state index is 13.3. The number of hydrogen-bond acceptors (Lipinski definition) is 6. The summed E-state index contributed by atoms with van der Waals surface area (Å²) >= 11 is 0. The van der Waals surface area contributed by atoms with Crippen LogP contribution < -0.4 is 15.6 Å². The molecule has 1 N–H and O–H groups in total. The molecule has 0 atom stereocenters. The molecule has 0 saturated carbocycles. The van der Waals surface area contributed by atoms with E-state index in [9.17, 15) is 13.2 Å². The SMILES string of the molecule is Cc1cc(N2CCN(S(=O)(=O)C(C)C)CC2)nc2c1c(=O)cc(Nc1ccccc1)n2-c1ccccc1. The van der Waals surface area contributed by atoms with Gasteiger partial charge in [-0.25, -0.2) is 13.4 Å². The number of para-hydroxylation sites is 2. The number of aryl methyl sites for hydroxylation is 1. The molecular formula is C28H31N5O3S. The lowest BCUT2D eigenvalue weighted by Crippen LogP contribution is -2.50. The molecule has 1 fully saturated rings. The number of anilines is 3. The second-order valence-electron chi connectivity index (χ2n) is 9.53. The highest BCUT2D eigenvalue weighted by molar-refractivity contribution is 7.89. The summed E-state index contributed by atoms with van der Waals surface area (Å²) in [4.78, 5) is 20.4. The summed E-state index contributed by atoms with van der Waals surface area (Å²) < 4.78 is 28.8. The Bertz CT molecular complexity index is 1580. The van der Waals surface area contributed by atoms with Gasteiger partial charge in [0.05, 0.1) is 10.6 Å². The molecule has 1 aliphatic rings. The zero-order chi connectivity index (χ0) is 26.2. The highest BCUT2D eigenvalue weighted by Crippen LogP contribution is 2.28. The number of rotatable bonds is 6. The second kappa shape index (κ2) is 9.99. The summed E-state index contributed by atoms with van der Waals surface area (Å²) in [5.74, 6) is 1.35. The van der Waals surface area contributed by atoms with Crippen molar-refractivity contribution in [1.82, 2.24) is 13.9 Å². The van der Waals surface area contributed by atoms with Gasteiger partial charge < -0.3 is 10.2 Å². The summed E-state index contributed by atoms with van der Waals surface area (Å²) in [5.41, 5.74) is 3.02. The standard InChI is InChI=1S/C28H31N5O3S/c1-20(2)37(35,36)32-16-14-31(15-17-32)25-18-21(3)27-24(34)19-26(29-22-10-6-4-7-11-22)33(28(27)30-25)23-12-8-5-9-13-23/h4-13,18-20,29H,14-17H2,1-3H3. The first-order valence-corrected chi connectivity index (χ1v) is 13.9. The average molecular weight is 518 g/mol. The molecule has 5 rings (SSSR count). The van der Waals surface area contributed by atoms with Crippen molar-refractivity contribution in [2.75, 3.05) is 36.4 Å². The number of hydrogen-bond donors (Lipinski definition) is 1. The lowest BCUT2D eigenvalue weighted by Gasteiger charge is -2.35. The number of piperazine rings is 1. The Hall–Kier alpha value is -3.69. The highest BCUT2D eigenvalue weighted by Gasteiger charge is 2.30. The maximum atomic E-state index is 13.3. The van der Waals surface area contributed by atoms with Gasteiger partial charge in [-0.05, 0) is 56.7 Å². The largest absolute Gasteiger partial charge is 0.354 e. The molecule has 2 aromatic heterocycles. The predicted octanol–water partition coefficient (Wildman–Crippen LogP) is 4.30. The van der Waals surface area contributed by atoms with Gasteiger partial charge in [0.25, 0.3) is 0 Å². The van der Waals surface area contributed by atoms with Gasteiger partial charge >= 0.3 is 0 Å². The quantitative estimate of drug-likeness (QED) is 0.410. The first-order chi connectivity index (χ1) is 17.8. The molecular weight excluding hydrogens is 486 g/mol. The molecule has 0 bridgehead atoms. The Morgan fingerprint density at radius 1 is 0.892 bits per heavy atom. The van der Waals surface area contributed by atoms with E-state index in [2.05, 4.69) is 10.2 Å². The molecule has 9 heteroatoms. The summed E-state index contributed by atoms with van der Waals surface area (Å²) in [7, 11) is -3.30. The van der Waals surface area contributed by atoms with Gasteiger partial charge in [0.1, 0.15) is 11.6 Å². The van der Waals surface area contributed by atoms with Gasteiger partial charge in [-0.15, -0.1) is 0 Å². The molecule has 3 heterocycles. The second-order valence-corrected chi connectivity index (χ2v) is 12.0. The molecule has 1 saturated heterocycles. The van der Waals surface area contributed by atoms with E-state index >= 15 is 0 Å². The van der Waals surface area contributed by atoms with Crippen molar-refractivity contribution >= 4 is 38.4 Å². The third-order valence-corrected chi connectivity index (χ3v) is 9.01. The van der Waals surface area contributed by atoms with Gasteiger partial charge in [0.15, 0.2) is 11.1 Å². The van der Waals surface area contributed by atoms with Crippen LogP contribution in [0.15, 0.2) is 77.6 Å². The molecule has 0 aliphatic carbocycles. The summed E-state index contributed by atoms with van der Waals surface area (Å²) in [6.07, 6.45) is 0. The van der Waals surface area contributed by atoms with E-state index < -0.39 is 15.3 Å². The molecule has 4 aromatic rings. The predicted molar refractivity (Wildman–Crippen MR) is 150 cm³/mol. The Morgan fingerprint density at radius 3 is 2.14 bits per heavy atom. The fraction of sp³-hybridized carbons (Fsp3) is 0.286. The van der Waals surface area contributed by atoms with Gasteiger partial charge in [0.2, 0.25) is 10.0 Å². The number of sulfonamides is 1. The summed E-state index contributed by atoms with van der Waals surface area (Å²) in [6, 6.07) is 23.1. The van der Waals surface area contributed by atoms with E-state index in [4.69, 9.17) is 4.98 Å². The van der Waals surface area contributed by atoms with Crippen molar-refractivity contribution in [3.8, 4) is 5.69 Å². The van der Waals surface area contributed by atoms with Crippen LogP contribution in [0.5, 0.6) is 0 Å². The van der Waals surface area contributed by atoms with Crippen molar-refractivity contribution in [1.29, 1.82) is 0 Å². The Morgan fingerprint density at radius 2 is 1.51 bits per heavy atom. The molecule has 2 aromatic carbocycles. The van der Waals surface area contributed by atoms with Crippen LogP contribution in [0.4, 0.5) is 17.3 Å². The first-order valence-electron chi connectivity index (χ1n) is 12.4. The topological polar surface area (TPSA) is 87.5 Å². The maximum Gasteiger partial charge on any atom is 0.216 e. The van der Waals surface area contributed by atoms with Crippen LogP contribution in [-0.2, 0) is 10.0 Å². The minimum Gasteiger partial charge on any atom is -0.354 e. The number of fused-ring (bicyclic) bond motifs is 1. The molecule has 0 unspecified atom stereocenters. The number of aromatic nitrogens is 2. The smallest absolute Gasteiger partial charge is 0.216 e. The van der Waals surface area contributed by atoms with E-state index in [0.29, 0.717) is 43.0 Å². The molecule has 0 amide bonds. The van der Waals surface area contributed by atoms with Crippen LogP contribution >= 0.6 is 0 Å². The number of nitrogens with one attached hydrogen (secondary N) is 1. The zero-order valence-electron chi connectivity index (χ0n) is 21.3. The lowest BCUT2D eigenvalue weighted by atomic mass is 10.1. The van der Waals surface area contributed by atoms with Crippen LogP contribution in [0.3, 0.4) is 0 Å². The lowest BCUT2D eigenvalue weighted by molar-refractivity contribution is 0.380. The Balaban J connectivity index is 1.61. The van der Waals surface area contributed by atoms with Crippen LogP contribution in [0.1, 0.15) is 19.4 Å². The van der Waals surface area contributed by atoms with Crippen molar-refractivity contribution in [3.05, 3.63) is 88.6 Å². The average Bonchev–Trinajstić information content (AvgIpc) is 2.89. The minimum absolute atomic E-state index is 0.106. The fourth-order valence-electron chi connectivity index (χ4n) is 4.71. The van der Waals surface area contributed by atoms with Crippen LogP contribution in [0, 0.1) is 6.92 Å².